The minimum atomic E-state index is -0.755. The molecule has 0 unspecified atom stereocenters. The molecule has 25 heavy (non-hydrogen) atoms. The molecule has 0 aliphatic heterocycles. The second kappa shape index (κ2) is 11.7. The van der Waals surface area contributed by atoms with E-state index in [4.69, 9.17) is 9.47 Å². The molecule has 1 aromatic carbocycles. The standard InChI is InChI=1S/C19H33N3O3/c1-5-19(23,6-2)15-21-18(20-7-3)22-16-10-8-11-17(14-16)25-13-9-12-24-4/h8,10-11,14,23H,5-7,9,12-13,15H2,1-4H3,(H2,20,21,22). The Morgan fingerprint density at radius 2 is 1.96 bits per heavy atom. The van der Waals surface area contributed by atoms with Gasteiger partial charge in [0.05, 0.1) is 18.8 Å². The molecule has 0 saturated heterocycles. The zero-order valence-corrected chi connectivity index (χ0v) is 16.0. The number of hydrogen-bond acceptors (Lipinski definition) is 4. The van der Waals surface area contributed by atoms with Crippen molar-refractivity contribution in [2.24, 2.45) is 4.99 Å². The van der Waals surface area contributed by atoms with Crippen molar-refractivity contribution in [2.45, 2.75) is 45.6 Å². The highest BCUT2D eigenvalue weighted by Crippen LogP contribution is 2.18. The Morgan fingerprint density at radius 1 is 1.20 bits per heavy atom. The molecule has 0 aliphatic carbocycles. The van der Waals surface area contributed by atoms with E-state index in [0.717, 1.165) is 24.4 Å². The minimum Gasteiger partial charge on any atom is -0.493 e. The molecule has 142 valence electrons. The molecule has 0 amide bonds. The van der Waals surface area contributed by atoms with Crippen LogP contribution >= 0.6 is 0 Å². The second-order valence-electron chi connectivity index (χ2n) is 5.97. The molecule has 0 fully saturated rings. The van der Waals surface area contributed by atoms with Crippen LogP contribution in [-0.2, 0) is 4.74 Å². The molecule has 1 rings (SSSR count). The number of hydrogen-bond donors (Lipinski definition) is 3. The van der Waals surface area contributed by atoms with E-state index in [2.05, 4.69) is 15.6 Å². The van der Waals surface area contributed by atoms with Crippen LogP contribution < -0.4 is 15.4 Å². The first-order valence-corrected chi connectivity index (χ1v) is 9.06. The van der Waals surface area contributed by atoms with Gasteiger partial charge in [-0.2, -0.15) is 0 Å². The van der Waals surface area contributed by atoms with Gasteiger partial charge in [-0.05, 0) is 31.9 Å². The fraction of sp³-hybridized carbons (Fsp3) is 0.632. The van der Waals surface area contributed by atoms with Gasteiger partial charge in [-0.15, -0.1) is 0 Å². The highest BCUT2D eigenvalue weighted by Gasteiger charge is 2.21. The lowest BCUT2D eigenvalue weighted by atomic mass is 9.98. The zero-order chi connectivity index (χ0) is 18.5. The zero-order valence-electron chi connectivity index (χ0n) is 16.0. The minimum absolute atomic E-state index is 0.364. The van der Waals surface area contributed by atoms with Gasteiger partial charge in [0.1, 0.15) is 5.75 Å². The number of anilines is 1. The Hall–Kier alpha value is -1.79. The Labute approximate surface area is 151 Å². The Kier molecular flexibility index (Phi) is 9.96. The van der Waals surface area contributed by atoms with E-state index in [1.165, 1.54) is 0 Å². The van der Waals surface area contributed by atoms with E-state index in [-0.39, 0.29) is 0 Å². The third kappa shape index (κ3) is 8.23. The number of nitrogens with zero attached hydrogens (tertiary/aromatic N) is 1. The predicted molar refractivity (Wildman–Crippen MR) is 104 cm³/mol. The molecule has 0 atom stereocenters. The lowest BCUT2D eigenvalue weighted by molar-refractivity contribution is 0.0419. The van der Waals surface area contributed by atoms with Crippen LogP contribution in [0.15, 0.2) is 29.3 Å². The molecular weight excluding hydrogens is 318 g/mol. The number of rotatable bonds is 11. The molecule has 6 nitrogen and oxygen atoms in total. The van der Waals surface area contributed by atoms with Crippen LogP contribution in [0.25, 0.3) is 0 Å². The number of guanidine groups is 1. The van der Waals surface area contributed by atoms with Crippen LogP contribution in [0, 0.1) is 0 Å². The number of aliphatic hydroxyl groups is 1. The van der Waals surface area contributed by atoms with E-state index < -0.39 is 5.60 Å². The van der Waals surface area contributed by atoms with E-state index in [0.29, 0.717) is 38.6 Å². The summed E-state index contributed by atoms with van der Waals surface area (Å²) in [6.07, 6.45) is 2.21. The summed E-state index contributed by atoms with van der Waals surface area (Å²) in [5, 5.41) is 16.9. The molecule has 3 N–H and O–H groups in total. The second-order valence-corrected chi connectivity index (χ2v) is 5.97. The van der Waals surface area contributed by atoms with Gasteiger partial charge in [-0.1, -0.05) is 19.9 Å². The fourth-order valence-corrected chi connectivity index (χ4v) is 2.20. The van der Waals surface area contributed by atoms with E-state index in [9.17, 15) is 5.11 Å². The van der Waals surface area contributed by atoms with Crippen molar-refractivity contribution in [1.82, 2.24) is 5.32 Å². The lowest BCUT2D eigenvalue weighted by Gasteiger charge is -2.23. The van der Waals surface area contributed by atoms with Gasteiger partial charge < -0.3 is 25.2 Å². The molecule has 0 aliphatic rings. The van der Waals surface area contributed by atoms with Crippen molar-refractivity contribution in [3.63, 3.8) is 0 Å². The molecule has 0 heterocycles. The molecule has 1 aromatic rings. The molecule has 0 radical (unpaired) electrons. The van der Waals surface area contributed by atoms with E-state index in [1.54, 1.807) is 7.11 Å². The normalized spacial score (nSPS) is 12.1. The molecule has 0 spiro atoms. The van der Waals surface area contributed by atoms with Gasteiger partial charge in [0.2, 0.25) is 0 Å². The maximum Gasteiger partial charge on any atom is 0.195 e. The van der Waals surface area contributed by atoms with Gasteiger partial charge in [0.15, 0.2) is 5.96 Å². The van der Waals surface area contributed by atoms with Gasteiger partial charge in [-0.3, -0.25) is 4.99 Å². The number of ether oxygens (including phenoxy) is 2. The predicted octanol–water partition coefficient (Wildman–Crippen LogP) is 3.03. The highest BCUT2D eigenvalue weighted by atomic mass is 16.5. The number of benzene rings is 1. The Morgan fingerprint density at radius 3 is 2.60 bits per heavy atom. The summed E-state index contributed by atoms with van der Waals surface area (Å²) < 4.78 is 10.7. The third-order valence-electron chi connectivity index (χ3n) is 4.05. The van der Waals surface area contributed by atoms with Crippen LogP contribution in [0.3, 0.4) is 0 Å². The smallest absolute Gasteiger partial charge is 0.195 e. The number of methoxy groups -OCH3 is 1. The van der Waals surface area contributed by atoms with E-state index in [1.807, 2.05) is 45.0 Å². The van der Waals surface area contributed by atoms with Gasteiger partial charge in [0, 0.05) is 38.4 Å². The summed E-state index contributed by atoms with van der Waals surface area (Å²) in [5.41, 5.74) is 0.134. The van der Waals surface area contributed by atoms with Crippen LogP contribution in [0.5, 0.6) is 5.75 Å². The van der Waals surface area contributed by atoms with Crippen molar-refractivity contribution in [3.05, 3.63) is 24.3 Å². The first-order valence-electron chi connectivity index (χ1n) is 9.06. The molecule has 0 aromatic heterocycles. The monoisotopic (exact) mass is 351 g/mol. The summed E-state index contributed by atoms with van der Waals surface area (Å²) in [6.45, 7) is 8.38. The number of nitrogens with one attached hydrogen (secondary N) is 2. The average Bonchev–Trinajstić information content (AvgIpc) is 2.63. The van der Waals surface area contributed by atoms with Crippen molar-refractivity contribution >= 4 is 11.6 Å². The maximum absolute atomic E-state index is 10.4. The van der Waals surface area contributed by atoms with Crippen molar-refractivity contribution < 1.29 is 14.6 Å². The van der Waals surface area contributed by atoms with Gasteiger partial charge >= 0.3 is 0 Å². The highest BCUT2D eigenvalue weighted by molar-refractivity contribution is 5.93. The fourth-order valence-electron chi connectivity index (χ4n) is 2.20. The lowest BCUT2D eigenvalue weighted by Crippen LogP contribution is -2.35. The summed E-state index contributed by atoms with van der Waals surface area (Å²) in [5.74, 6) is 1.45. The van der Waals surface area contributed by atoms with Crippen LogP contribution in [0.2, 0.25) is 0 Å². The van der Waals surface area contributed by atoms with Gasteiger partial charge in [-0.25, -0.2) is 0 Å². The maximum atomic E-state index is 10.4. The van der Waals surface area contributed by atoms with E-state index >= 15 is 0 Å². The Balaban J connectivity index is 2.71. The summed E-state index contributed by atoms with van der Waals surface area (Å²) in [4.78, 5) is 4.53. The van der Waals surface area contributed by atoms with Crippen LogP contribution in [0.4, 0.5) is 5.69 Å². The SMILES string of the molecule is CCNC(=NCC(O)(CC)CC)Nc1cccc(OCCCOC)c1. The van der Waals surface area contributed by atoms with Crippen LogP contribution in [-0.4, -0.2) is 50.1 Å². The quantitative estimate of drug-likeness (QED) is 0.325. The topological polar surface area (TPSA) is 75.1 Å². The molecular formula is C19H33N3O3. The molecule has 0 saturated carbocycles. The summed E-state index contributed by atoms with van der Waals surface area (Å²) in [7, 11) is 1.68. The first kappa shape index (κ1) is 21.3. The average molecular weight is 351 g/mol. The van der Waals surface area contributed by atoms with Gasteiger partial charge in [0.25, 0.3) is 0 Å². The van der Waals surface area contributed by atoms with Crippen molar-refractivity contribution in [3.8, 4) is 5.75 Å². The molecule has 0 bridgehead atoms. The molecule has 6 heteroatoms. The summed E-state index contributed by atoms with van der Waals surface area (Å²) >= 11 is 0. The van der Waals surface area contributed by atoms with Crippen LogP contribution in [0.1, 0.15) is 40.0 Å². The third-order valence-corrected chi connectivity index (χ3v) is 4.05. The van der Waals surface area contributed by atoms with Crippen molar-refractivity contribution in [1.29, 1.82) is 0 Å². The first-order chi connectivity index (χ1) is 12.1. The number of aliphatic imine (C=N–C) groups is 1. The largest absolute Gasteiger partial charge is 0.493 e. The summed E-state index contributed by atoms with van der Waals surface area (Å²) in [6, 6.07) is 7.76. The Bertz CT molecular complexity index is 516. The van der Waals surface area contributed by atoms with Crippen molar-refractivity contribution in [2.75, 3.05) is 38.7 Å².